The van der Waals surface area contributed by atoms with Gasteiger partial charge in [0, 0.05) is 43.9 Å². The van der Waals surface area contributed by atoms with Crippen LogP contribution in [-0.2, 0) is 26.5 Å². The number of hydrogen-bond acceptors (Lipinski definition) is 6. The highest BCUT2D eigenvalue weighted by molar-refractivity contribution is 7.93. The van der Waals surface area contributed by atoms with E-state index in [2.05, 4.69) is 20.1 Å². The first-order valence-electron chi connectivity index (χ1n) is 15.9. The molecule has 6 rings (SSSR count). The van der Waals surface area contributed by atoms with Crippen LogP contribution in [0.5, 0.6) is 0 Å². The molecule has 53 heavy (non-hydrogen) atoms. The number of hydrogen-bond donors (Lipinski definition) is 4. The molecule has 4 N–H and O–H groups in total. The fraction of sp³-hybridized carbons (Fsp3) is 0.0256. The van der Waals surface area contributed by atoms with Crippen LogP contribution in [0.3, 0.4) is 0 Å². The Morgan fingerprint density at radius 1 is 0.453 bits per heavy atom. The third-order valence-corrected chi connectivity index (χ3v) is 11.1. The summed E-state index contributed by atoms with van der Waals surface area (Å²) in [5.41, 5.74) is 4.09. The van der Waals surface area contributed by atoms with E-state index in [-0.39, 0.29) is 32.3 Å². The molecule has 0 aromatic heterocycles. The molecule has 0 bridgehead atoms. The minimum Gasteiger partial charge on any atom is -0.322 e. The van der Waals surface area contributed by atoms with Gasteiger partial charge in [0.2, 0.25) is 0 Å². The highest BCUT2D eigenvalue weighted by Gasteiger charge is 2.17. The van der Waals surface area contributed by atoms with Gasteiger partial charge >= 0.3 is 0 Å². The first kappa shape index (κ1) is 37.1. The highest BCUT2D eigenvalue weighted by Crippen LogP contribution is 2.23. The van der Waals surface area contributed by atoms with Crippen molar-refractivity contribution in [3.05, 3.63) is 178 Å². The zero-order chi connectivity index (χ0) is 37.6. The molecular weight excluding hydrogens is 755 g/mol. The fourth-order valence-corrected chi connectivity index (χ4v) is 7.51. The third kappa shape index (κ3) is 9.82. The minimum absolute atomic E-state index is 0.0411. The monoisotopic (exact) mass is 784 g/mol. The van der Waals surface area contributed by atoms with Crippen LogP contribution in [0.1, 0.15) is 31.8 Å². The Labute approximate surface area is 316 Å². The molecule has 268 valence electrons. The number of benzene rings is 6. The molecule has 0 aliphatic rings. The molecule has 0 aliphatic heterocycles. The van der Waals surface area contributed by atoms with Crippen molar-refractivity contribution >= 4 is 77.8 Å². The second-order valence-corrected chi connectivity index (χ2v) is 16.0. The standard InChI is InChI=1S/C39H30Cl2N4O6S2/c40-30-11-19-36(20-12-30)52(48,49)44-34-5-1-3-28(24-34)38(46)42-32-15-7-26(8-16-32)23-27-9-17-33(18-10-27)43-39(47)29-4-2-6-35(25-29)45-53(50,51)37-21-13-31(41)14-22-37/h1-22,24-25,44-45H,23H2,(H,42,46)(H,43,47). The summed E-state index contributed by atoms with van der Waals surface area (Å²) in [4.78, 5) is 26.1. The lowest BCUT2D eigenvalue weighted by Crippen LogP contribution is -2.15. The van der Waals surface area contributed by atoms with Gasteiger partial charge in [0.1, 0.15) is 0 Å². The van der Waals surface area contributed by atoms with Crippen molar-refractivity contribution in [1.29, 1.82) is 0 Å². The second kappa shape index (κ2) is 15.9. The van der Waals surface area contributed by atoms with Crippen molar-refractivity contribution in [1.82, 2.24) is 0 Å². The van der Waals surface area contributed by atoms with E-state index in [1.807, 2.05) is 24.3 Å². The average Bonchev–Trinajstić information content (AvgIpc) is 3.13. The van der Waals surface area contributed by atoms with Crippen molar-refractivity contribution in [2.75, 3.05) is 20.1 Å². The molecule has 10 nitrogen and oxygen atoms in total. The fourth-order valence-electron chi connectivity index (χ4n) is 5.16. The SMILES string of the molecule is O=C(Nc1ccc(Cc2ccc(NC(=O)c3cccc(NS(=O)(=O)c4ccc(Cl)cc4)c3)cc2)cc1)c1cccc(NS(=O)(=O)c2ccc(Cl)cc2)c1. The zero-order valence-electron chi connectivity index (χ0n) is 27.6. The second-order valence-electron chi connectivity index (χ2n) is 11.8. The summed E-state index contributed by atoms with van der Waals surface area (Å²) in [6, 6.07) is 38.5. The molecule has 0 radical (unpaired) electrons. The maximum absolute atomic E-state index is 13.0. The molecule has 0 saturated carbocycles. The number of rotatable bonds is 12. The molecule has 0 atom stereocenters. The van der Waals surface area contributed by atoms with Crippen molar-refractivity contribution in [3.8, 4) is 0 Å². The number of nitrogens with one attached hydrogen (secondary N) is 4. The van der Waals surface area contributed by atoms with Gasteiger partial charge < -0.3 is 10.6 Å². The molecule has 0 aliphatic carbocycles. The number of carbonyl (C=O) groups excluding carboxylic acids is 2. The van der Waals surface area contributed by atoms with E-state index in [0.29, 0.717) is 27.8 Å². The van der Waals surface area contributed by atoms with E-state index in [1.165, 1.54) is 60.7 Å². The summed E-state index contributed by atoms with van der Waals surface area (Å²) in [6.45, 7) is 0. The van der Waals surface area contributed by atoms with Crippen molar-refractivity contribution in [2.24, 2.45) is 0 Å². The molecule has 0 spiro atoms. The van der Waals surface area contributed by atoms with Crippen LogP contribution in [0.15, 0.2) is 155 Å². The lowest BCUT2D eigenvalue weighted by Gasteiger charge is -2.11. The molecule has 6 aromatic carbocycles. The highest BCUT2D eigenvalue weighted by atomic mass is 35.5. The number of amides is 2. The molecule has 0 unspecified atom stereocenters. The summed E-state index contributed by atoms with van der Waals surface area (Å²) in [5.74, 6) is -0.817. The summed E-state index contributed by atoms with van der Waals surface area (Å²) in [6.07, 6.45) is 0.591. The van der Waals surface area contributed by atoms with Gasteiger partial charge in [0.15, 0.2) is 0 Å². The van der Waals surface area contributed by atoms with Gasteiger partial charge in [0.05, 0.1) is 9.79 Å². The quantitative estimate of drug-likeness (QED) is 0.0975. The lowest BCUT2D eigenvalue weighted by atomic mass is 10.0. The van der Waals surface area contributed by atoms with Crippen molar-refractivity contribution in [3.63, 3.8) is 0 Å². The Hall–Kier alpha value is -5.66. The maximum atomic E-state index is 13.0. The molecule has 0 heterocycles. The number of sulfonamides is 2. The van der Waals surface area contributed by atoms with Crippen LogP contribution in [0, 0.1) is 0 Å². The Kier molecular flexibility index (Phi) is 11.2. The Bertz CT molecular complexity index is 2320. The number of halogens is 2. The molecule has 6 aromatic rings. The molecular formula is C39H30Cl2N4O6S2. The predicted octanol–water partition coefficient (Wildman–Crippen LogP) is 8.69. The molecule has 0 saturated heterocycles. The van der Waals surface area contributed by atoms with Crippen molar-refractivity contribution in [2.45, 2.75) is 16.2 Å². The number of anilines is 4. The van der Waals surface area contributed by atoms with Crippen LogP contribution in [0.4, 0.5) is 22.7 Å². The molecule has 14 heteroatoms. The summed E-state index contributed by atoms with van der Waals surface area (Å²) >= 11 is 11.7. The van der Waals surface area contributed by atoms with Crippen LogP contribution in [0.2, 0.25) is 10.0 Å². The van der Waals surface area contributed by atoms with Gasteiger partial charge in [-0.3, -0.25) is 19.0 Å². The van der Waals surface area contributed by atoms with E-state index in [1.54, 1.807) is 60.7 Å². The summed E-state index contributed by atoms with van der Waals surface area (Å²) in [5, 5.41) is 6.49. The van der Waals surface area contributed by atoms with Crippen molar-refractivity contribution < 1.29 is 26.4 Å². The first-order valence-corrected chi connectivity index (χ1v) is 19.6. The van der Waals surface area contributed by atoms with Gasteiger partial charge in [-0.25, -0.2) is 16.8 Å². The third-order valence-electron chi connectivity index (χ3n) is 7.83. The average molecular weight is 786 g/mol. The summed E-state index contributed by atoms with van der Waals surface area (Å²) < 4.78 is 56.0. The van der Waals surface area contributed by atoms with Crippen LogP contribution in [0.25, 0.3) is 0 Å². The zero-order valence-corrected chi connectivity index (χ0v) is 30.7. The minimum atomic E-state index is -3.88. The van der Waals surface area contributed by atoms with Gasteiger partial charge in [-0.1, -0.05) is 59.6 Å². The largest absolute Gasteiger partial charge is 0.322 e. The topological polar surface area (TPSA) is 151 Å². The van der Waals surface area contributed by atoms with Crippen LogP contribution < -0.4 is 20.1 Å². The predicted molar refractivity (Wildman–Crippen MR) is 209 cm³/mol. The number of carbonyl (C=O) groups is 2. The van der Waals surface area contributed by atoms with Crippen LogP contribution in [-0.4, -0.2) is 28.6 Å². The smallest absolute Gasteiger partial charge is 0.261 e. The normalized spacial score (nSPS) is 11.4. The Morgan fingerprint density at radius 2 is 0.811 bits per heavy atom. The van der Waals surface area contributed by atoms with Gasteiger partial charge in [-0.15, -0.1) is 0 Å². The van der Waals surface area contributed by atoms with E-state index in [0.717, 1.165) is 11.1 Å². The Morgan fingerprint density at radius 3 is 1.17 bits per heavy atom. The van der Waals surface area contributed by atoms with Gasteiger partial charge in [-0.05, 0) is 127 Å². The molecule has 0 fully saturated rings. The summed E-state index contributed by atoms with van der Waals surface area (Å²) in [7, 11) is -7.75. The first-order chi connectivity index (χ1) is 25.3. The van der Waals surface area contributed by atoms with E-state index < -0.39 is 31.9 Å². The van der Waals surface area contributed by atoms with E-state index >= 15 is 0 Å². The Balaban J connectivity index is 1.02. The maximum Gasteiger partial charge on any atom is 0.261 e. The molecule has 2 amide bonds. The van der Waals surface area contributed by atoms with E-state index in [9.17, 15) is 26.4 Å². The van der Waals surface area contributed by atoms with E-state index in [4.69, 9.17) is 23.2 Å². The lowest BCUT2D eigenvalue weighted by molar-refractivity contribution is 0.101. The van der Waals surface area contributed by atoms with Crippen LogP contribution >= 0.6 is 23.2 Å². The van der Waals surface area contributed by atoms with Gasteiger partial charge in [0.25, 0.3) is 31.9 Å². The van der Waals surface area contributed by atoms with Gasteiger partial charge in [-0.2, -0.15) is 0 Å².